The predicted octanol–water partition coefficient (Wildman–Crippen LogP) is 3.92. The number of rotatable bonds is 5. The number of likely N-dealkylation sites (N-methyl/N-ethyl adjacent to an activating group) is 1. The molecule has 1 N–H and O–H groups in total. The fourth-order valence-electron chi connectivity index (χ4n) is 2.54. The maximum atomic E-state index is 12.6. The molecule has 9 heteroatoms. The Bertz CT molecular complexity index is 1010. The van der Waals surface area contributed by atoms with E-state index in [2.05, 4.69) is 4.99 Å². The zero-order valence-electron chi connectivity index (χ0n) is 14.7. The van der Waals surface area contributed by atoms with Crippen LogP contribution in [0, 0.1) is 10.1 Å². The van der Waals surface area contributed by atoms with Crippen LogP contribution < -0.4 is 0 Å². The summed E-state index contributed by atoms with van der Waals surface area (Å²) in [5, 5.41) is 20.3. The van der Waals surface area contributed by atoms with Crippen LogP contribution in [0.2, 0.25) is 0 Å². The number of carbonyl (C=O) groups is 2. The van der Waals surface area contributed by atoms with Gasteiger partial charge in [-0.1, -0.05) is 12.1 Å². The molecule has 0 atom stereocenters. The van der Waals surface area contributed by atoms with Crippen LogP contribution >= 0.6 is 11.8 Å². The Morgan fingerprint density at radius 1 is 1.29 bits per heavy atom. The number of benzene rings is 2. The molecule has 0 aliphatic carbocycles. The molecule has 142 valence electrons. The average molecular weight is 397 g/mol. The van der Waals surface area contributed by atoms with E-state index in [0.717, 1.165) is 0 Å². The van der Waals surface area contributed by atoms with Gasteiger partial charge in [-0.05, 0) is 54.6 Å². The van der Waals surface area contributed by atoms with E-state index < -0.39 is 10.9 Å². The number of hydrogen-bond donors (Lipinski definition) is 1. The highest BCUT2D eigenvalue weighted by Gasteiger charge is 2.32. The number of carboxylic acid groups (broad SMARTS) is 1. The van der Waals surface area contributed by atoms with Gasteiger partial charge >= 0.3 is 5.97 Å². The molecule has 1 fully saturated rings. The zero-order valence-corrected chi connectivity index (χ0v) is 15.5. The van der Waals surface area contributed by atoms with Crippen LogP contribution in [0.1, 0.15) is 22.8 Å². The van der Waals surface area contributed by atoms with Crippen molar-refractivity contribution < 1.29 is 19.6 Å². The Balaban J connectivity index is 1.91. The molecule has 0 unspecified atom stereocenters. The fraction of sp³-hybridized carbons (Fsp3) is 0.105. The number of carbonyl (C=O) groups excluding carboxylic acids is 1. The lowest BCUT2D eigenvalue weighted by atomic mass is 10.2. The van der Waals surface area contributed by atoms with Gasteiger partial charge in [-0.15, -0.1) is 0 Å². The van der Waals surface area contributed by atoms with Crippen LogP contribution in [0.15, 0.2) is 58.4 Å². The highest BCUT2D eigenvalue weighted by atomic mass is 32.2. The minimum Gasteiger partial charge on any atom is -0.478 e. The van der Waals surface area contributed by atoms with Gasteiger partial charge in [0.2, 0.25) is 0 Å². The number of aromatic carboxylic acids is 1. The number of carboxylic acids is 1. The average Bonchev–Trinajstić information content (AvgIpc) is 2.96. The van der Waals surface area contributed by atoms with Crippen LogP contribution in [0.4, 0.5) is 11.4 Å². The first-order chi connectivity index (χ1) is 13.4. The van der Waals surface area contributed by atoms with Crippen LogP contribution in [0.25, 0.3) is 6.08 Å². The summed E-state index contributed by atoms with van der Waals surface area (Å²) in [4.78, 5) is 40.4. The van der Waals surface area contributed by atoms with E-state index in [-0.39, 0.29) is 17.2 Å². The molecule has 1 saturated heterocycles. The second-order valence-electron chi connectivity index (χ2n) is 5.76. The van der Waals surface area contributed by atoms with E-state index in [1.54, 1.807) is 30.3 Å². The van der Waals surface area contributed by atoms with Gasteiger partial charge in [-0.2, -0.15) is 0 Å². The first-order valence-corrected chi connectivity index (χ1v) is 9.08. The van der Waals surface area contributed by atoms with Gasteiger partial charge < -0.3 is 5.11 Å². The first-order valence-electron chi connectivity index (χ1n) is 8.27. The van der Waals surface area contributed by atoms with Gasteiger partial charge in [-0.25, -0.2) is 9.79 Å². The van der Waals surface area contributed by atoms with Gasteiger partial charge in [0.1, 0.15) is 0 Å². The Kier molecular flexibility index (Phi) is 5.55. The number of nitro benzene ring substituents is 1. The van der Waals surface area contributed by atoms with Crippen molar-refractivity contribution >= 4 is 46.3 Å². The van der Waals surface area contributed by atoms with Crippen molar-refractivity contribution in [2.24, 2.45) is 4.99 Å². The summed E-state index contributed by atoms with van der Waals surface area (Å²) in [6.07, 6.45) is 1.60. The molecular weight excluding hydrogens is 382 g/mol. The van der Waals surface area contributed by atoms with E-state index in [9.17, 15) is 19.7 Å². The molecule has 1 aliphatic heterocycles. The molecule has 28 heavy (non-hydrogen) atoms. The van der Waals surface area contributed by atoms with Gasteiger partial charge in [-0.3, -0.25) is 19.8 Å². The van der Waals surface area contributed by atoms with E-state index >= 15 is 0 Å². The normalized spacial score (nSPS) is 16.8. The number of amidine groups is 1. The molecule has 0 saturated carbocycles. The second-order valence-corrected chi connectivity index (χ2v) is 6.77. The van der Waals surface area contributed by atoms with Gasteiger partial charge in [0, 0.05) is 18.7 Å². The molecule has 1 amide bonds. The highest BCUT2D eigenvalue weighted by Crippen LogP contribution is 2.34. The molecule has 0 radical (unpaired) electrons. The summed E-state index contributed by atoms with van der Waals surface area (Å²) in [5.41, 5.74) is 1.17. The van der Waals surface area contributed by atoms with Gasteiger partial charge in [0.15, 0.2) is 5.17 Å². The fourth-order valence-corrected chi connectivity index (χ4v) is 3.60. The maximum absolute atomic E-state index is 12.6. The van der Waals surface area contributed by atoms with Gasteiger partial charge in [0.05, 0.1) is 21.1 Å². The van der Waals surface area contributed by atoms with Crippen LogP contribution in [0.3, 0.4) is 0 Å². The number of hydrogen-bond acceptors (Lipinski definition) is 6. The molecule has 2 aromatic rings. The summed E-state index contributed by atoms with van der Waals surface area (Å²) in [6, 6.07) is 12.1. The van der Waals surface area contributed by atoms with Crippen LogP contribution in [-0.4, -0.2) is 38.5 Å². The Morgan fingerprint density at radius 3 is 2.61 bits per heavy atom. The summed E-state index contributed by atoms with van der Waals surface area (Å²) >= 11 is 1.17. The van der Waals surface area contributed by atoms with Crippen molar-refractivity contribution in [3.05, 3.63) is 74.7 Å². The predicted molar refractivity (Wildman–Crippen MR) is 107 cm³/mol. The molecule has 0 aromatic heterocycles. The standard InChI is InChI=1S/C19H15N3O5S/c1-2-21-17(23)16(11-12-4-3-5-15(10-12)22(26)27)28-19(21)20-14-8-6-13(7-9-14)18(24)25/h3-11H,2H2,1H3,(H,24,25)/b16-11-,20-19?. The maximum Gasteiger partial charge on any atom is 0.335 e. The number of aliphatic imine (C=N–C) groups is 1. The van der Waals surface area contributed by atoms with Gasteiger partial charge in [0.25, 0.3) is 11.6 Å². The first kappa shape index (κ1) is 19.3. The summed E-state index contributed by atoms with van der Waals surface area (Å²) < 4.78 is 0. The van der Waals surface area contributed by atoms with Crippen molar-refractivity contribution in [3.63, 3.8) is 0 Å². The Hall–Kier alpha value is -3.46. The molecule has 8 nitrogen and oxygen atoms in total. The molecular formula is C19H15N3O5S. The highest BCUT2D eigenvalue weighted by molar-refractivity contribution is 8.18. The zero-order chi connectivity index (χ0) is 20.3. The smallest absolute Gasteiger partial charge is 0.335 e. The number of non-ortho nitro benzene ring substituents is 1. The van der Waals surface area contributed by atoms with Crippen molar-refractivity contribution in [3.8, 4) is 0 Å². The lowest BCUT2D eigenvalue weighted by Gasteiger charge is -2.12. The summed E-state index contributed by atoms with van der Waals surface area (Å²) in [5.74, 6) is -1.26. The second kappa shape index (κ2) is 8.05. The van der Waals surface area contributed by atoms with Crippen LogP contribution in [0.5, 0.6) is 0 Å². The lowest BCUT2D eigenvalue weighted by molar-refractivity contribution is -0.384. The van der Waals surface area contributed by atoms with Crippen molar-refractivity contribution in [2.75, 3.05) is 6.54 Å². The number of nitrogens with zero attached hydrogens (tertiary/aromatic N) is 3. The number of amides is 1. The van der Waals surface area contributed by atoms with Crippen molar-refractivity contribution in [1.82, 2.24) is 4.90 Å². The monoisotopic (exact) mass is 397 g/mol. The molecule has 0 spiro atoms. The Morgan fingerprint density at radius 2 is 2.00 bits per heavy atom. The minimum absolute atomic E-state index is 0.0513. The van der Waals surface area contributed by atoms with E-state index in [1.807, 2.05) is 6.92 Å². The van der Waals surface area contributed by atoms with Crippen molar-refractivity contribution in [1.29, 1.82) is 0 Å². The third kappa shape index (κ3) is 4.09. The van der Waals surface area contributed by atoms with Crippen LogP contribution in [-0.2, 0) is 4.79 Å². The number of thioether (sulfide) groups is 1. The Labute approximate surface area is 164 Å². The van der Waals surface area contributed by atoms with E-state index in [1.165, 1.54) is 40.9 Å². The van der Waals surface area contributed by atoms with E-state index in [0.29, 0.717) is 27.9 Å². The molecule has 1 heterocycles. The third-order valence-electron chi connectivity index (χ3n) is 3.92. The summed E-state index contributed by atoms with van der Waals surface area (Å²) in [7, 11) is 0. The molecule has 0 bridgehead atoms. The molecule has 2 aromatic carbocycles. The molecule has 3 rings (SSSR count). The largest absolute Gasteiger partial charge is 0.478 e. The van der Waals surface area contributed by atoms with E-state index in [4.69, 9.17) is 5.11 Å². The number of nitro groups is 1. The lowest BCUT2D eigenvalue weighted by Crippen LogP contribution is -2.28. The molecule has 1 aliphatic rings. The quantitative estimate of drug-likeness (QED) is 0.465. The minimum atomic E-state index is -1.03. The van der Waals surface area contributed by atoms with Crippen molar-refractivity contribution in [2.45, 2.75) is 6.92 Å². The summed E-state index contributed by atoms with van der Waals surface area (Å²) in [6.45, 7) is 2.22. The topological polar surface area (TPSA) is 113 Å². The third-order valence-corrected chi connectivity index (χ3v) is 4.93. The SMILES string of the molecule is CCN1C(=O)/C(=C/c2cccc([N+](=O)[O-])c2)SC1=Nc1ccc(C(=O)O)cc1.